The quantitative estimate of drug-likeness (QED) is 0.753. The van der Waals surface area contributed by atoms with Gasteiger partial charge in [-0.2, -0.15) is 0 Å². The molecule has 0 radical (unpaired) electrons. The summed E-state index contributed by atoms with van der Waals surface area (Å²) in [5.41, 5.74) is 0. The highest BCUT2D eigenvalue weighted by Gasteiger charge is 2.22. The van der Waals surface area contributed by atoms with E-state index in [9.17, 15) is 9.59 Å². The lowest BCUT2D eigenvalue weighted by Crippen LogP contribution is -2.47. The van der Waals surface area contributed by atoms with Gasteiger partial charge >= 0.3 is 6.03 Å². The van der Waals surface area contributed by atoms with E-state index >= 15 is 0 Å². The van der Waals surface area contributed by atoms with Crippen LogP contribution in [0.3, 0.4) is 0 Å². The van der Waals surface area contributed by atoms with Gasteiger partial charge in [0.1, 0.15) is 0 Å². The summed E-state index contributed by atoms with van der Waals surface area (Å²) < 4.78 is 5.68. The van der Waals surface area contributed by atoms with Crippen molar-refractivity contribution in [1.29, 1.82) is 0 Å². The molecule has 0 spiro atoms. The van der Waals surface area contributed by atoms with Gasteiger partial charge in [-0.3, -0.25) is 15.0 Å². The maximum Gasteiger partial charge on any atom is 0.321 e. The summed E-state index contributed by atoms with van der Waals surface area (Å²) >= 11 is 1.67. The zero-order chi connectivity index (χ0) is 17.4. The minimum Gasteiger partial charge on any atom is -0.377 e. The number of ether oxygens (including phenoxy) is 1. The molecule has 1 fully saturated rings. The average Bonchev–Trinajstić information content (AvgIpc) is 3.20. The third-order valence-electron chi connectivity index (χ3n) is 4.06. The van der Waals surface area contributed by atoms with Crippen LogP contribution >= 0.6 is 11.3 Å². The largest absolute Gasteiger partial charge is 0.377 e. The van der Waals surface area contributed by atoms with E-state index < -0.39 is 6.03 Å². The summed E-state index contributed by atoms with van der Waals surface area (Å²) in [4.78, 5) is 27.2. The fourth-order valence-electron chi connectivity index (χ4n) is 2.62. The summed E-state index contributed by atoms with van der Waals surface area (Å²) in [6, 6.07) is 3.68. The maximum atomic E-state index is 12.2. The Morgan fingerprint density at radius 1 is 1.50 bits per heavy atom. The van der Waals surface area contributed by atoms with Gasteiger partial charge in [0, 0.05) is 30.6 Å². The SMILES string of the molecule is CC[C@@H](C)NC(=O)NC(=O)CN(Cc1cccs1)C[C@@H]1CCCO1. The molecule has 0 bridgehead atoms. The molecule has 7 heteroatoms. The Bertz CT molecular complexity index is 515. The van der Waals surface area contributed by atoms with Gasteiger partial charge in [-0.15, -0.1) is 11.3 Å². The van der Waals surface area contributed by atoms with Crippen molar-refractivity contribution in [1.82, 2.24) is 15.5 Å². The molecule has 1 aromatic heterocycles. The first-order valence-electron chi connectivity index (χ1n) is 8.53. The van der Waals surface area contributed by atoms with Gasteiger partial charge in [-0.05, 0) is 37.6 Å². The molecule has 24 heavy (non-hydrogen) atoms. The van der Waals surface area contributed by atoms with Crippen molar-refractivity contribution in [2.45, 2.75) is 51.8 Å². The molecule has 1 aliphatic heterocycles. The van der Waals surface area contributed by atoms with Gasteiger partial charge in [-0.25, -0.2) is 4.79 Å². The van der Waals surface area contributed by atoms with Crippen LogP contribution < -0.4 is 10.6 Å². The van der Waals surface area contributed by atoms with Crippen molar-refractivity contribution in [3.8, 4) is 0 Å². The molecular formula is C17H27N3O3S. The molecule has 134 valence electrons. The Labute approximate surface area is 147 Å². The zero-order valence-electron chi connectivity index (χ0n) is 14.4. The van der Waals surface area contributed by atoms with E-state index in [0.717, 1.165) is 25.9 Å². The second-order valence-electron chi connectivity index (χ2n) is 6.21. The molecule has 2 atom stereocenters. The van der Waals surface area contributed by atoms with Gasteiger partial charge in [0.2, 0.25) is 5.91 Å². The number of urea groups is 1. The first-order valence-corrected chi connectivity index (χ1v) is 9.41. The number of thiophene rings is 1. The Kier molecular flexibility index (Phi) is 7.68. The number of carbonyl (C=O) groups excluding carboxylic acids is 2. The molecule has 0 aromatic carbocycles. The number of hydrogen-bond donors (Lipinski definition) is 2. The molecule has 2 heterocycles. The summed E-state index contributed by atoms with van der Waals surface area (Å²) in [5.74, 6) is -0.287. The number of imide groups is 1. The lowest BCUT2D eigenvalue weighted by molar-refractivity contribution is -0.121. The summed E-state index contributed by atoms with van der Waals surface area (Å²) in [6.07, 6.45) is 3.09. The van der Waals surface area contributed by atoms with E-state index in [1.165, 1.54) is 4.88 Å². The molecule has 3 amide bonds. The van der Waals surface area contributed by atoms with E-state index in [0.29, 0.717) is 13.1 Å². The van der Waals surface area contributed by atoms with Crippen molar-refractivity contribution in [2.24, 2.45) is 0 Å². The third-order valence-corrected chi connectivity index (χ3v) is 4.92. The topological polar surface area (TPSA) is 70.7 Å². The number of nitrogens with one attached hydrogen (secondary N) is 2. The van der Waals surface area contributed by atoms with Crippen LogP contribution in [0.15, 0.2) is 17.5 Å². The van der Waals surface area contributed by atoms with Crippen LogP contribution in [0.1, 0.15) is 38.0 Å². The monoisotopic (exact) mass is 353 g/mol. The molecule has 1 saturated heterocycles. The lowest BCUT2D eigenvalue weighted by atomic mass is 10.2. The van der Waals surface area contributed by atoms with Crippen LogP contribution in [0.2, 0.25) is 0 Å². The molecular weight excluding hydrogens is 326 g/mol. The van der Waals surface area contributed by atoms with Crippen molar-refractivity contribution in [2.75, 3.05) is 19.7 Å². The number of rotatable bonds is 8. The Balaban J connectivity index is 1.85. The van der Waals surface area contributed by atoms with E-state index in [4.69, 9.17) is 4.74 Å². The van der Waals surface area contributed by atoms with E-state index in [-0.39, 0.29) is 24.6 Å². The highest BCUT2D eigenvalue weighted by molar-refractivity contribution is 7.09. The Hall–Kier alpha value is -1.44. The number of hydrogen-bond acceptors (Lipinski definition) is 5. The Morgan fingerprint density at radius 3 is 2.96 bits per heavy atom. The van der Waals surface area contributed by atoms with E-state index in [1.54, 1.807) is 11.3 Å². The first kappa shape index (κ1) is 18.9. The molecule has 2 rings (SSSR count). The van der Waals surface area contributed by atoms with Crippen LogP contribution in [0, 0.1) is 0 Å². The molecule has 0 saturated carbocycles. The standard InChI is InChI=1S/C17H27N3O3S/c1-3-13(2)18-17(22)19-16(21)12-20(10-14-6-4-8-23-14)11-15-7-5-9-24-15/h5,7,9,13-14H,3-4,6,8,10-12H2,1-2H3,(H2,18,19,21,22)/t13-,14+/m1/s1. The molecule has 1 aromatic rings. The van der Waals surface area contributed by atoms with Gasteiger partial charge < -0.3 is 10.1 Å². The van der Waals surface area contributed by atoms with Crippen molar-refractivity contribution in [3.63, 3.8) is 0 Å². The predicted molar refractivity (Wildman–Crippen MR) is 95.0 cm³/mol. The predicted octanol–water partition coefficient (Wildman–Crippen LogP) is 2.35. The fourth-order valence-corrected chi connectivity index (χ4v) is 3.36. The summed E-state index contributed by atoms with van der Waals surface area (Å²) in [7, 11) is 0. The fraction of sp³-hybridized carbons (Fsp3) is 0.647. The van der Waals surface area contributed by atoms with Crippen LogP contribution in [-0.2, 0) is 16.1 Å². The van der Waals surface area contributed by atoms with Crippen LogP contribution in [-0.4, -0.2) is 48.7 Å². The number of nitrogens with zero attached hydrogens (tertiary/aromatic N) is 1. The van der Waals surface area contributed by atoms with Crippen LogP contribution in [0.5, 0.6) is 0 Å². The Morgan fingerprint density at radius 2 is 2.33 bits per heavy atom. The second kappa shape index (κ2) is 9.76. The normalized spacial score (nSPS) is 18.5. The van der Waals surface area contributed by atoms with Crippen LogP contribution in [0.25, 0.3) is 0 Å². The van der Waals surface area contributed by atoms with Gasteiger partial charge in [-0.1, -0.05) is 13.0 Å². The minimum atomic E-state index is -0.428. The van der Waals surface area contributed by atoms with E-state index in [2.05, 4.69) is 16.7 Å². The summed E-state index contributed by atoms with van der Waals surface area (Å²) in [5, 5.41) is 7.18. The average molecular weight is 353 g/mol. The maximum absolute atomic E-state index is 12.2. The molecule has 2 N–H and O–H groups in total. The number of amides is 3. The van der Waals surface area contributed by atoms with Crippen molar-refractivity contribution >= 4 is 23.3 Å². The van der Waals surface area contributed by atoms with Crippen LogP contribution in [0.4, 0.5) is 4.79 Å². The van der Waals surface area contributed by atoms with Gasteiger partial charge in [0.05, 0.1) is 12.6 Å². The highest BCUT2D eigenvalue weighted by Crippen LogP contribution is 2.16. The van der Waals surface area contributed by atoms with Crippen molar-refractivity contribution < 1.29 is 14.3 Å². The van der Waals surface area contributed by atoms with Crippen molar-refractivity contribution in [3.05, 3.63) is 22.4 Å². The van der Waals surface area contributed by atoms with Gasteiger partial charge in [0.25, 0.3) is 0 Å². The summed E-state index contributed by atoms with van der Waals surface area (Å²) in [6.45, 7) is 6.27. The minimum absolute atomic E-state index is 0.0481. The van der Waals surface area contributed by atoms with Gasteiger partial charge in [0.15, 0.2) is 0 Å². The number of carbonyl (C=O) groups is 2. The third kappa shape index (κ3) is 6.59. The van der Waals surface area contributed by atoms with E-state index in [1.807, 2.05) is 30.2 Å². The highest BCUT2D eigenvalue weighted by atomic mass is 32.1. The lowest BCUT2D eigenvalue weighted by Gasteiger charge is -2.24. The molecule has 0 unspecified atom stereocenters. The molecule has 6 nitrogen and oxygen atoms in total. The first-order chi connectivity index (χ1) is 11.6. The molecule has 1 aliphatic rings. The second-order valence-corrected chi connectivity index (χ2v) is 7.25. The zero-order valence-corrected chi connectivity index (χ0v) is 15.2. The molecule has 0 aliphatic carbocycles. The smallest absolute Gasteiger partial charge is 0.321 e.